The van der Waals surface area contributed by atoms with Gasteiger partial charge in [-0.25, -0.2) is 4.68 Å². The Morgan fingerprint density at radius 2 is 2.03 bits per heavy atom. The summed E-state index contributed by atoms with van der Waals surface area (Å²) in [6, 6.07) is 13.5. The van der Waals surface area contributed by atoms with Crippen molar-refractivity contribution in [1.29, 1.82) is 5.26 Å². The van der Waals surface area contributed by atoms with Gasteiger partial charge in [-0.1, -0.05) is 0 Å². The fraction of sp³-hybridized carbons (Fsp3) is 0.348. The van der Waals surface area contributed by atoms with Crippen molar-refractivity contribution in [3.05, 3.63) is 48.2 Å². The number of nitrogens with one attached hydrogen (secondary N) is 1. The Morgan fingerprint density at radius 1 is 1.27 bits per heavy atom. The molecule has 0 unspecified atom stereocenters. The molecule has 0 aliphatic heterocycles. The minimum atomic E-state index is -0.0787. The van der Waals surface area contributed by atoms with Crippen molar-refractivity contribution in [2.75, 3.05) is 13.2 Å². The van der Waals surface area contributed by atoms with Crippen LogP contribution in [0.25, 0.3) is 16.6 Å². The van der Waals surface area contributed by atoms with Crippen molar-refractivity contribution in [2.45, 2.75) is 32.7 Å². The first-order valence-electron chi connectivity index (χ1n) is 10.1. The number of amides is 1. The Kier molecular flexibility index (Phi) is 5.57. The molecule has 30 heavy (non-hydrogen) atoms. The lowest BCUT2D eigenvalue weighted by Gasteiger charge is -2.14. The van der Waals surface area contributed by atoms with Crippen molar-refractivity contribution in [1.82, 2.24) is 15.1 Å². The molecule has 1 atom stereocenters. The molecule has 0 radical (unpaired) electrons. The highest BCUT2D eigenvalue weighted by Gasteiger charge is 2.23. The van der Waals surface area contributed by atoms with Gasteiger partial charge in [0.1, 0.15) is 35.3 Å². The summed E-state index contributed by atoms with van der Waals surface area (Å²) in [6.07, 6.45) is 4.30. The fourth-order valence-electron chi connectivity index (χ4n) is 3.23. The zero-order valence-corrected chi connectivity index (χ0v) is 17.1. The van der Waals surface area contributed by atoms with Crippen molar-refractivity contribution >= 4 is 16.8 Å². The summed E-state index contributed by atoms with van der Waals surface area (Å²) in [6.45, 7) is 4.42. The van der Waals surface area contributed by atoms with E-state index in [1.807, 2.05) is 49.5 Å². The third-order valence-electron chi connectivity index (χ3n) is 4.97. The number of benzene rings is 2. The molecule has 2 aromatic carbocycles. The molecule has 1 saturated carbocycles. The number of ether oxygens (including phenoxy) is 2. The van der Waals surface area contributed by atoms with E-state index in [1.54, 1.807) is 4.68 Å². The van der Waals surface area contributed by atoms with Crippen LogP contribution in [0.5, 0.6) is 11.5 Å². The summed E-state index contributed by atoms with van der Waals surface area (Å²) in [5.74, 6) is 1.84. The molecule has 4 rings (SSSR count). The van der Waals surface area contributed by atoms with Gasteiger partial charge < -0.3 is 14.8 Å². The summed E-state index contributed by atoms with van der Waals surface area (Å²) < 4.78 is 13.3. The normalized spacial score (nSPS) is 14.2. The molecule has 0 spiro atoms. The van der Waals surface area contributed by atoms with Crippen molar-refractivity contribution in [2.24, 2.45) is 5.92 Å². The highest BCUT2D eigenvalue weighted by molar-refractivity contribution is 5.86. The zero-order chi connectivity index (χ0) is 21.1. The van der Waals surface area contributed by atoms with Crippen molar-refractivity contribution < 1.29 is 14.3 Å². The average molecular weight is 404 g/mol. The van der Waals surface area contributed by atoms with E-state index < -0.39 is 0 Å². The van der Waals surface area contributed by atoms with Crippen LogP contribution in [-0.4, -0.2) is 34.9 Å². The van der Waals surface area contributed by atoms with Gasteiger partial charge in [0, 0.05) is 18.5 Å². The maximum atomic E-state index is 11.1. The molecule has 1 aliphatic rings. The molecular weight excluding hydrogens is 380 g/mol. The minimum absolute atomic E-state index is 0.0701. The lowest BCUT2D eigenvalue weighted by atomic mass is 10.1. The van der Waals surface area contributed by atoms with Crippen LogP contribution in [0.2, 0.25) is 0 Å². The quantitative estimate of drug-likeness (QED) is 0.620. The van der Waals surface area contributed by atoms with E-state index in [2.05, 4.69) is 16.5 Å². The molecule has 3 aromatic rings. The zero-order valence-electron chi connectivity index (χ0n) is 17.1. The van der Waals surface area contributed by atoms with Crippen LogP contribution in [-0.2, 0) is 4.79 Å². The Hall–Kier alpha value is -3.53. The number of carbonyl (C=O) groups excluding carboxylic acids is 1. The van der Waals surface area contributed by atoms with Gasteiger partial charge in [0.05, 0.1) is 18.3 Å². The van der Waals surface area contributed by atoms with Crippen LogP contribution < -0.4 is 14.8 Å². The number of nitrogens with zero attached hydrogens (tertiary/aromatic N) is 3. The van der Waals surface area contributed by atoms with Crippen LogP contribution >= 0.6 is 0 Å². The minimum Gasteiger partial charge on any atom is -0.492 e. The molecular formula is C23H24N4O3. The summed E-state index contributed by atoms with van der Waals surface area (Å²) in [4.78, 5) is 11.1. The van der Waals surface area contributed by atoms with Gasteiger partial charge >= 0.3 is 0 Å². The third kappa shape index (κ3) is 4.54. The van der Waals surface area contributed by atoms with E-state index in [1.165, 1.54) is 19.8 Å². The summed E-state index contributed by atoms with van der Waals surface area (Å²) in [5, 5.41) is 17.9. The number of fused-ring (bicyclic) bond motifs is 1. The van der Waals surface area contributed by atoms with Crippen molar-refractivity contribution in [3.8, 4) is 23.3 Å². The number of rotatable bonds is 8. The maximum absolute atomic E-state index is 11.1. The summed E-state index contributed by atoms with van der Waals surface area (Å²) in [5.41, 5.74) is 1.96. The first kappa shape index (κ1) is 19.8. The number of hydrogen-bond donors (Lipinski definition) is 1. The van der Waals surface area contributed by atoms with E-state index in [0.717, 1.165) is 11.1 Å². The van der Waals surface area contributed by atoms with Gasteiger partial charge in [-0.05, 0) is 62.1 Å². The lowest BCUT2D eigenvalue weighted by Crippen LogP contribution is -2.35. The third-order valence-corrected chi connectivity index (χ3v) is 4.97. The molecule has 7 heteroatoms. The second-order valence-electron chi connectivity index (χ2n) is 7.72. The van der Waals surface area contributed by atoms with Gasteiger partial charge in [0.25, 0.3) is 0 Å². The lowest BCUT2D eigenvalue weighted by molar-refractivity contribution is -0.119. The van der Waals surface area contributed by atoms with E-state index in [9.17, 15) is 10.1 Å². The summed E-state index contributed by atoms with van der Waals surface area (Å²) in [7, 11) is 0. The highest BCUT2D eigenvalue weighted by atomic mass is 16.5. The van der Waals surface area contributed by atoms with Crippen LogP contribution in [0.1, 0.15) is 32.3 Å². The predicted octanol–water partition coefficient (Wildman–Crippen LogP) is 3.59. The first-order chi connectivity index (χ1) is 14.5. The molecule has 0 saturated heterocycles. The van der Waals surface area contributed by atoms with Gasteiger partial charge in [-0.15, -0.1) is 0 Å². The molecule has 1 aromatic heterocycles. The van der Waals surface area contributed by atoms with Gasteiger partial charge in [-0.3, -0.25) is 4.79 Å². The molecule has 0 bridgehead atoms. The number of hydrogen-bond acceptors (Lipinski definition) is 5. The van der Waals surface area contributed by atoms with Crippen LogP contribution in [0.15, 0.2) is 42.6 Å². The Balaban J connectivity index is 1.50. The van der Waals surface area contributed by atoms with Crippen LogP contribution in [0.4, 0.5) is 0 Å². The van der Waals surface area contributed by atoms with E-state index in [-0.39, 0.29) is 11.9 Å². The smallest absolute Gasteiger partial charge is 0.217 e. The van der Waals surface area contributed by atoms with E-state index in [0.29, 0.717) is 41.7 Å². The van der Waals surface area contributed by atoms with Gasteiger partial charge in [0.15, 0.2) is 0 Å². The molecule has 1 N–H and O–H groups in total. The molecule has 154 valence electrons. The Bertz CT molecular complexity index is 1090. The molecule has 1 aliphatic carbocycles. The second-order valence-corrected chi connectivity index (χ2v) is 7.72. The standard InChI is InChI=1S/C23H24N4O3/c1-15(25-16(2)28)13-29-20-8-6-19(7-9-20)27-12-18-5-10-22(30-14-17-3-4-17)21(11-24)23(18)26-27/h5-10,12,15,17H,3-4,13-14H2,1-2H3,(H,25,28)/t15-/m0/s1. The van der Waals surface area contributed by atoms with Crippen LogP contribution in [0, 0.1) is 17.2 Å². The second kappa shape index (κ2) is 8.46. The molecule has 7 nitrogen and oxygen atoms in total. The fourth-order valence-corrected chi connectivity index (χ4v) is 3.23. The number of aromatic nitrogens is 2. The number of carbonyl (C=O) groups is 1. The average Bonchev–Trinajstić information content (AvgIpc) is 3.46. The molecule has 1 heterocycles. The van der Waals surface area contributed by atoms with E-state index >= 15 is 0 Å². The van der Waals surface area contributed by atoms with Gasteiger partial charge in [-0.2, -0.15) is 10.4 Å². The van der Waals surface area contributed by atoms with Crippen LogP contribution in [0.3, 0.4) is 0 Å². The topological polar surface area (TPSA) is 89.2 Å². The molecule has 1 fully saturated rings. The Morgan fingerprint density at radius 3 is 2.70 bits per heavy atom. The first-order valence-corrected chi connectivity index (χ1v) is 10.1. The maximum Gasteiger partial charge on any atom is 0.217 e. The van der Waals surface area contributed by atoms with Crippen molar-refractivity contribution in [3.63, 3.8) is 0 Å². The van der Waals surface area contributed by atoms with Gasteiger partial charge in [0.2, 0.25) is 5.91 Å². The number of nitriles is 1. The summed E-state index contributed by atoms with van der Waals surface area (Å²) >= 11 is 0. The SMILES string of the molecule is CC(=O)N[C@@H](C)COc1ccc(-n2cc3ccc(OCC4CC4)c(C#N)c3n2)cc1. The highest BCUT2D eigenvalue weighted by Crippen LogP contribution is 2.32. The monoisotopic (exact) mass is 404 g/mol. The predicted molar refractivity (Wildman–Crippen MR) is 113 cm³/mol. The van der Waals surface area contributed by atoms with E-state index in [4.69, 9.17) is 9.47 Å². The largest absolute Gasteiger partial charge is 0.492 e. The molecule has 1 amide bonds. The Labute approximate surface area is 175 Å².